The van der Waals surface area contributed by atoms with E-state index in [-0.39, 0.29) is 42.3 Å². The molecule has 14 nitrogen and oxygen atoms in total. The summed E-state index contributed by atoms with van der Waals surface area (Å²) in [5.74, 6) is -4.63. The normalized spacial score (nSPS) is 37.7. The van der Waals surface area contributed by atoms with Crippen molar-refractivity contribution in [3.8, 4) is 0 Å². The zero-order valence-corrected chi connectivity index (χ0v) is 30.9. The van der Waals surface area contributed by atoms with Crippen LogP contribution in [0.4, 0.5) is 4.79 Å². The molecule has 6 N–H and O–H groups in total. The number of esters is 2. The van der Waals surface area contributed by atoms with Crippen molar-refractivity contribution in [3.05, 3.63) is 47.0 Å². The van der Waals surface area contributed by atoms with E-state index < -0.39 is 101 Å². The Morgan fingerprint density at radius 1 is 1.02 bits per heavy atom. The highest BCUT2D eigenvalue weighted by Crippen LogP contribution is 2.63. The Bertz CT molecular complexity index is 1620. The monoisotopic (exact) mass is 743 g/mol. The number of amides is 1. The van der Waals surface area contributed by atoms with E-state index in [2.05, 4.69) is 5.32 Å². The topological polar surface area (TPSA) is 218 Å². The maximum atomic E-state index is 14.7. The number of ketones is 1. The summed E-state index contributed by atoms with van der Waals surface area (Å²) in [6.07, 6.45) is -6.82. The number of aliphatic hydroxyl groups excluding tert-OH is 3. The molecular formula is C39H53NO13. The van der Waals surface area contributed by atoms with E-state index >= 15 is 0 Å². The lowest BCUT2D eigenvalue weighted by molar-refractivity contribution is -0.343. The van der Waals surface area contributed by atoms with Crippen molar-refractivity contribution >= 4 is 23.8 Å². The number of aliphatic hydroxyl groups is 5. The molecule has 1 saturated heterocycles. The average Bonchev–Trinajstić information content (AvgIpc) is 3.13. The number of carbonyl (C=O) groups excluding carboxylic acids is 4. The third kappa shape index (κ3) is 6.28. The molecule has 1 aromatic rings. The number of carbonyl (C=O) groups is 4. The van der Waals surface area contributed by atoms with Crippen molar-refractivity contribution in [2.24, 2.45) is 22.7 Å². The first-order chi connectivity index (χ1) is 24.9. The third-order valence-electron chi connectivity index (χ3n) is 13.2. The third-order valence-corrected chi connectivity index (χ3v) is 13.2. The highest BCUT2D eigenvalue weighted by Gasteiger charge is 2.76. The molecule has 3 saturated carbocycles. The smallest absolute Gasteiger partial charge is 0.407 e. The van der Waals surface area contributed by atoms with Crippen LogP contribution in [0.2, 0.25) is 0 Å². The minimum absolute atomic E-state index is 0.0105. The van der Waals surface area contributed by atoms with Crippen molar-refractivity contribution in [2.45, 2.75) is 133 Å². The van der Waals surface area contributed by atoms with Gasteiger partial charge in [0.05, 0.1) is 42.4 Å². The van der Waals surface area contributed by atoms with Gasteiger partial charge < -0.3 is 49.8 Å². The predicted octanol–water partition coefficient (Wildman–Crippen LogP) is 2.12. The summed E-state index contributed by atoms with van der Waals surface area (Å²) in [6.45, 7) is 7.48. The second-order valence-electron chi connectivity index (χ2n) is 16.3. The first-order valence-corrected chi connectivity index (χ1v) is 18.7. The first-order valence-electron chi connectivity index (χ1n) is 18.7. The van der Waals surface area contributed by atoms with E-state index in [1.54, 1.807) is 45.9 Å². The van der Waals surface area contributed by atoms with Crippen LogP contribution in [0.15, 0.2) is 41.5 Å². The van der Waals surface area contributed by atoms with Gasteiger partial charge in [-0.15, -0.1) is 0 Å². The van der Waals surface area contributed by atoms with E-state index in [1.165, 1.54) is 19.1 Å². The van der Waals surface area contributed by atoms with Crippen molar-refractivity contribution in [1.82, 2.24) is 5.32 Å². The number of hydrogen-bond donors (Lipinski definition) is 6. The molecule has 6 rings (SSSR count). The molecule has 4 fully saturated rings. The van der Waals surface area contributed by atoms with Crippen molar-refractivity contribution in [1.29, 1.82) is 0 Å². The maximum absolute atomic E-state index is 14.7. The summed E-state index contributed by atoms with van der Waals surface area (Å²) in [6, 6.07) is 6.89. The number of fused-ring (bicyclic) bond motifs is 5. The Morgan fingerprint density at radius 3 is 2.28 bits per heavy atom. The van der Waals surface area contributed by atoms with Crippen molar-refractivity contribution < 1.29 is 63.7 Å². The molecule has 1 aliphatic heterocycles. The highest BCUT2D eigenvalue weighted by atomic mass is 16.6. The van der Waals surface area contributed by atoms with Gasteiger partial charge in [0.15, 0.2) is 11.9 Å². The van der Waals surface area contributed by atoms with Crippen LogP contribution in [-0.2, 0) is 28.5 Å². The lowest BCUT2D eigenvalue weighted by Crippen LogP contribution is -2.81. The molecule has 1 heterocycles. The Balaban J connectivity index is 1.44. The maximum Gasteiger partial charge on any atom is 0.407 e. The molecule has 2 bridgehead atoms. The van der Waals surface area contributed by atoms with Crippen LogP contribution in [0.3, 0.4) is 0 Å². The van der Waals surface area contributed by atoms with Gasteiger partial charge >= 0.3 is 18.0 Å². The molecule has 53 heavy (non-hydrogen) atoms. The molecule has 11 atom stereocenters. The second-order valence-corrected chi connectivity index (χ2v) is 16.3. The number of ether oxygens (including phenoxy) is 4. The van der Waals surface area contributed by atoms with Crippen LogP contribution in [-0.4, -0.2) is 116 Å². The van der Waals surface area contributed by atoms with Crippen LogP contribution < -0.4 is 5.32 Å². The number of benzene rings is 1. The van der Waals surface area contributed by atoms with E-state index in [4.69, 9.17) is 18.9 Å². The summed E-state index contributed by atoms with van der Waals surface area (Å²) in [5.41, 5.74) is -7.33. The Labute approximate surface area is 308 Å². The van der Waals surface area contributed by atoms with Gasteiger partial charge in [0.1, 0.15) is 29.5 Å². The standard InChI is InChI=1S/C39H53NO13/c1-6-50-35(47)40-27(21-13-9-7-10-14-21)29(43)34(46)52-23-18-39(49)32(53-33(45)22-15-11-8-12-16-22)30-37(5,24(41)17-25-38(30,48)19-51-25)31(44)28(42)26(20(23)2)36(39,3)4/h8,11-12,15-16,21,23-25,27-30,32,41-43,48-49H,6-7,9-10,13-14,17-19H2,1-5H3,(H,40,47)/t23?,24-,25+,27-,28+,29+,30-,32-,37+,38-,39+/m0/s1. The largest absolute Gasteiger partial charge is 0.456 e. The Hall–Kier alpha value is -3.40. The van der Waals surface area contributed by atoms with Gasteiger partial charge in [-0.1, -0.05) is 51.3 Å². The first kappa shape index (κ1) is 39.3. The van der Waals surface area contributed by atoms with E-state index in [0.717, 1.165) is 19.3 Å². The van der Waals surface area contributed by atoms with Crippen molar-refractivity contribution in [2.75, 3.05) is 13.2 Å². The Morgan fingerprint density at radius 2 is 1.68 bits per heavy atom. The summed E-state index contributed by atoms with van der Waals surface area (Å²) >= 11 is 0. The lowest BCUT2D eigenvalue weighted by atomic mass is 9.44. The molecule has 5 aliphatic rings. The summed E-state index contributed by atoms with van der Waals surface area (Å²) in [4.78, 5) is 55.0. The SMILES string of the molecule is CCOC(=O)N[C@@H](C1CCCCC1)[C@@H](O)C(=O)OC1C[C@@]2(O)[C@@H](OC(=O)c3ccccc3)[C@@H]3[C@]4(O)CO[C@@H]4C[C@H](O)[C@@]3(C)C(=O)[C@H](O)C(=C1C)C2(C)C. The molecule has 0 radical (unpaired) electrons. The zero-order chi connectivity index (χ0) is 38.7. The minimum atomic E-state index is -2.27. The minimum Gasteiger partial charge on any atom is -0.456 e. The molecule has 0 spiro atoms. The van der Waals surface area contributed by atoms with Crippen LogP contribution in [0, 0.1) is 22.7 Å². The number of nitrogens with one attached hydrogen (secondary N) is 1. The highest BCUT2D eigenvalue weighted by molar-refractivity contribution is 5.94. The molecule has 1 unspecified atom stereocenters. The van der Waals surface area contributed by atoms with Gasteiger partial charge in [-0.25, -0.2) is 14.4 Å². The van der Waals surface area contributed by atoms with Gasteiger partial charge in [0.2, 0.25) is 0 Å². The van der Waals surface area contributed by atoms with Gasteiger partial charge in [-0.05, 0) is 62.8 Å². The van der Waals surface area contributed by atoms with Gasteiger partial charge in [0.25, 0.3) is 0 Å². The fraction of sp³-hybridized carbons (Fsp3) is 0.692. The number of hydrogen-bond acceptors (Lipinski definition) is 13. The number of alkyl carbamates (subject to hydrolysis) is 1. The zero-order valence-electron chi connectivity index (χ0n) is 30.9. The molecular weight excluding hydrogens is 690 g/mol. The van der Waals surface area contributed by atoms with Crippen molar-refractivity contribution in [3.63, 3.8) is 0 Å². The lowest BCUT2D eigenvalue weighted by Gasteiger charge is -2.66. The molecule has 1 aromatic carbocycles. The van der Waals surface area contributed by atoms with Crippen LogP contribution >= 0.6 is 0 Å². The average molecular weight is 744 g/mol. The molecule has 292 valence electrons. The predicted molar refractivity (Wildman–Crippen MR) is 186 cm³/mol. The van der Waals surface area contributed by atoms with Gasteiger partial charge in [0, 0.05) is 24.2 Å². The summed E-state index contributed by atoms with van der Waals surface area (Å²) in [7, 11) is 0. The Kier molecular flexibility index (Phi) is 10.6. The van der Waals surface area contributed by atoms with E-state index in [0.29, 0.717) is 12.8 Å². The molecule has 4 aliphatic carbocycles. The second kappa shape index (κ2) is 14.3. The van der Waals surface area contributed by atoms with Crippen LogP contribution in [0.5, 0.6) is 0 Å². The van der Waals surface area contributed by atoms with Crippen LogP contribution in [0.25, 0.3) is 0 Å². The van der Waals surface area contributed by atoms with E-state index in [9.17, 15) is 44.7 Å². The molecule has 14 heteroatoms. The van der Waals surface area contributed by atoms with E-state index in [1.807, 2.05) is 0 Å². The fourth-order valence-corrected chi connectivity index (χ4v) is 9.99. The number of rotatable bonds is 8. The quantitative estimate of drug-likeness (QED) is 0.128. The molecule has 1 amide bonds. The fourth-order valence-electron chi connectivity index (χ4n) is 9.99. The number of Topliss-reactive ketones (excluding diaryl/α,β-unsaturated/α-hetero) is 1. The summed E-state index contributed by atoms with van der Waals surface area (Å²) in [5, 5.41) is 63.2. The summed E-state index contributed by atoms with van der Waals surface area (Å²) < 4.78 is 22.9. The molecule has 0 aromatic heterocycles. The van der Waals surface area contributed by atoms with Crippen LogP contribution in [0.1, 0.15) is 89.9 Å². The van der Waals surface area contributed by atoms with Gasteiger partial charge in [-0.3, -0.25) is 4.79 Å². The van der Waals surface area contributed by atoms with Gasteiger partial charge in [-0.2, -0.15) is 0 Å².